The number of ether oxygens (including phenoxy) is 1. The molecule has 40 heavy (non-hydrogen) atoms. The predicted octanol–water partition coefficient (Wildman–Crippen LogP) is 7.10. The molecular formula is C34H53NO5. The fourth-order valence-corrected chi connectivity index (χ4v) is 11.9. The molecule has 0 aromatic rings. The van der Waals surface area contributed by atoms with Crippen molar-refractivity contribution in [1.29, 1.82) is 0 Å². The topological polar surface area (TPSA) is 85.2 Å². The first kappa shape index (κ1) is 29.8. The van der Waals surface area contributed by atoms with Crippen LogP contribution in [0.1, 0.15) is 113 Å². The number of oxime groups is 1. The SMILES string of the molecule is C=C(C)[C@@H]1CC[C@]2(CO)CC[C@]3(C)[C@H](CC[C@@H]4[C@@]5(C)CC/C(=N\OC(C)=O)[C@@](C)(COC(C)=O)[C@@H]5CC[C@]43C)[C@@H]12. The molecule has 0 saturated heterocycles. The summed E-state index contributed by atoms with van der Waals surface area (Å²) >= 11 is 0. The molecule has 224 valence electrons. The summed E-state index contributed by atoms with van der Waals surface area (Å²) in [4.78, 5) is 28.8. The van der Waals surface area contributed by atoms with Gasteiger partial charge < -0.3 is 14.7 Å². The Balaban J connectivity index is 1.52. The van der Waals surface area contributed by atoms with Gasteiger partial charge in [0.2, 0.25) is 0 Å². The number of rotatable bonds is 5. The van der Waals surface area contributed by atoms with Gasteiger partial charge in [-0.25, -0.2) is 4.79 Å². The summed E-state index contributed by atoms with van der Waals surface area (Å²) in [6, 6.07) is 0. The van der Waals surface area contributed by atoms with Gasteiger partial charge in [-0.2, -0.15) is 0 Å². The summed E-state index contributed by atoms with van der Waals surface area (Å²) in [5.74, 6) is 1.79. The van der Waals surface area contributed by atoms with Crippen molar-refractivity contribution in [3.63, 3.8) is 0 Å². The van der Waals surface area contributed by atoms with Crippen LogP contribution in [0.25, 0.3) is 0 Å². The lowest BCUT2D eigenvalue weighted by atomic mass is 9.32. The van der Waals surface area contributed by atoms with Gasteiger partial charge in [0.25, 0.3) is 0 Å². The van der Waals surface area contributed by atoms with Gasteiger partial charge in [-0.15, -0.1) is 0 Å². The zero-order valence-corrected chi connectivity index (χ0v) is 26.1. The first-order valence-electron chi connectivity index (χ1n) is 15.8. The predicted molar refractivity (Wildman–Crippen MR) is 156 cm³/mol. The van der Waals surface area contributed by atoms with E-state index in [2.05, 4.69) is 46.4 Å². The molecule has 0 aromatic heterocycles. The molecule has 0 amide bonds. The van der Waals surface area contributed by atoms with E-state index in [0.29, 0.717) is 30.3 Å². The largest absolute Gasteiger partial charge is 0.465 e. The standard InChI is InChI=1S/C34H53NO5/c1-21(2)24-11-16-34(19-36)18-17-32(7)25(29(24)34)9-10-27-30(5)14-13-28(35-40-23(4)38)31(6,20-39-22(3)37)26(30)12-15-33(27,32)8/h24-27,29,36H,1,9-20H2,2-8H3/b35-28+/t24-,25+,26+,27+,29+,30-,31-,32+,33+,34+/m0/s1. The smallest absolute Gasteiger partial charge is 0.331 e. The Hall–Kier alpha value is -1.69. The van der Waals surface area contributed by atoms with Crippen LogP contribution < -0.4 is 0 Å². The van der Waals surface area contributed by atoms with E-state index in [4.69, 9.17) is 9.57 Å². The Bertz CT molecular complexity index is 1100. The van der Waals surface area contributed by atoms with Crippen molar-refractivity contribution in [3.8, 4) is 0 Å². The van der Waals surface area contributed by atoms with Crippen LogP contribution in [0, 0.1) is 56.7 Å². The lowest BCUT2D eigenvalue weighted by molar-refractivity contribution is -0.233. The Morgan fingerprint density at radius 3 is 2.25 bits per heavy atom. The van der Waals surface area contributed by atoms with Crippen LogP contribution in [0.15, 0.2) is 17.3 Å². The quantitative estimate of drug-likeness (QED) is 0.169. The highest BCUT2D eigenvalue weighted by molar-refractivity contribution is 5.91. The molecule has 5 saturated carbocycles. The van der Waals surface area contributed by atoms with E-state index in [1.165, 1.54) is 45.1 Å². The molecule has 6 nitrogen and oxygen atoms in total. The van der Waals surface area contributed by atoms with Crippen molar-refractivity contribution in [3.05, 3.63) is 12.2 Å². The number of nitrogens with zero attached hydrogens (tertiary/aromatic N) is 1. The number of fused-ring (bicyclic) bond motifs is 7. The molecule has 6 heteroatoms. The number of hydrogen-bond acceptors (Lipinski definition) is 6. The molecular weight excluding hydrogens is 502 g/mol. The van der Waals surface area contributed by atoms with Crippen LogP contribution in [0.4, 0.5) is 0 Å². The van der Waals surface area contributed by atoms with E-state index in [1.54, 1.807) is 0 Å². The zero-order chi connectivity index (χ0) is 29.3. The molecule has 5 aliphatic carbocycles. The van der Waals surface area contributed by atoms with Crippen molar-refractivity contribution in [2.45, 2.75) is 113 Å². The number of carbonyl (C=O) groups excluding carboxylic acids is 2. The lowest BCUT2D eigenvalue weighted by Crippen LogP contribution is -2.67. The first-order valence-corrected chi connectivity index (χ1v) is 15.8. The van der Waals surface area contributed by atoms with Gasteiger partial charge in [0.1, 0.15) is 6.61 Å². The summed E-state index contributed by atoms with van der Waals surface area (Å²) in [7, 11) is 0. The molecule has 5 rings (SSSR count). The summed E-state index contributed by atoms with van der Waals surface area (Å²) < 4.78 is 5.70. The Morgan fingerprint density at radius 1 is 0.900 bits per heavy atom. The van der Waals surface area contributed by atoms with Crippen LogP contribution in [0.5, 0.6) is 0 Å². The molecule has 0 aliphatic heterocycles. The highest BCUT2D eigenvalue weighted by atomic mass is 16.7. The molecule has 0 radical (unpaired) electrons. The Kier molecular flexibility index (Phi) is 7.41. The third kappa shape index (κ3) is 4.08. The van der Waals surface area contributed by atoms with Gasteiger partial charge >= 0.3 is 11.9 Å². The van der Waals surface area contributed by atoms with E-state index in [-0.39, 0.29) is 40.2 Å². The molecule has 0 aromatic carbocycles. The van der Waals surface area contributed by atoms with Gasteiger partial charge in [-0.1, -0.05) is 45.0 Å². The number of carbonyl (C=O) groups is 2. The van der Waals surface area contributed by atoms with Crippen molar-refractivity contribution in [2.75, 3.05) is 13.2 Å². The van der Waals surface area contributed by atoms with Crippen LogP contribution in [0.3, 0.4) is 0 Å². The van der Waals surface area contributed by atoms with Crippen molar-refractivity contribution < 1.29 is 24.3 Å². The van der Waals surface area contributed by atoms with Crippen molar-refractivity contribution in [1.82, 2.24) is 0 Å². The molecule has 0 unspecified atom stereocenters. The van der Waals surface area contributed by atoms with Crippen LogP contribution >= 0.6 is 0 Å². The van der Waals surface area contributed by atoms with Gasteiger partial charge in [0.15, 0.2) is 0 Å². The monoisotopic (exact) mass is 555 g/mol. The number of allylic oxidation sites excluding steroid dienone is 1. The minimum absolute atomic E-state index is 0.0631. The molecule has 0 bridgehead atoms. The van der Waals surface area contributed by atoms with Gasteiger partial charge in [-0.05, 0) is 122 Å². The lowest BCUT2D eigenvalue weighted by Gasteiger charge is -2.72. The van der Waals surface area contributed by atoms with Crippen LogP contribution in [-0.2, 0) is 19.2 Å². The average Bonchev–Trinajstić information content (AvgIpc) is 3.28. The third-order valence-electron chi connectivity index (χ3n) is 14.0. The molecule has 5 aliphatic rings. The van der Waals surface area contributed by atoms with Gasteiger partial charge in [-0.3, -0.25) is 4.79 Å². The second-order valence-electron chi connectivity index (χ2n) is 15.5. The van der Waals surface area contributed by atoms with Gasteiger partial charge in [0, 0.05) is 25.9 Å². The van der Waals surface area contributed by atoms with E-state index in [0.717, 1.165) is 44.2 Å². The summed E-state index contributed by atoms with van der Waals surface area (Å²) in [6.45, 7) is 20.0. The maximum atomic E-state index is 12.0. The minimum Gasteiger partial charge on any atom is -0.465 e. The van der Waals surface area contributed by atoms with Gasteiger partial charge in [0.05, 0.1) is 5.71 Å². The fraction of sp³-hybridized carbons (Fsp3) is 0.853. The number of aliphatic hydroxyl groups excluding tert-OH is 1. The number of hydrogen-bond donors (Lipinski definition) is 1. The maximum Gasteiger partial charge on any atom is 0.331 e. The second kappa shape index (κ2) is 9.95. The second-order valence-corrected chi connectivity index (χ2v) is 15.5. The Labute approximate surface area is 241 Å². The highest BCUT2D eigenvalue weighted by Gasteiger charge is 2.71. The fourth-order valence-electron chi connectivity index (χ4n) is 11.9. The molecule has 1 N–H and O–H groups in total. The molecule has 0 spiro atoms. The zero-order valence-electron chi connectivity index (χ0n) is 26.1. The van der Waals surface area contributed by atoms with Crippen LogP contribution in [0.2, 0.25) is 0 Å². The van der Waals surface area contributed by atoms with E-state index >= 15 is 0 Å². The Morgan fingerprint density at radius 2 is 1.62 bits per heavy atom. The third-order valence-corrected chi connectivity index (χ3v) is 14.0. The molecule has 0 heterocycles. The number of esters is 1. The highest BCUT2D eigenvalue weighted by Crippen LogP contribution is 2.77. The van der Waals surface area contributed by atoms with E-state index < -0.39 is 11.4 Å². The van der Waals surface area contributed by atoms with Crippen LogP contribution in [-0.4, -0.2) is 36.0 Å². The minimum atomic E-state index is -0.470. The maximum absolute atomic E-state index is 12.0. The molecule has 10 atom stereocenters. The average molecular weight is 556 g/mol. The van der Waals surface area contributed by atoms with Crippen molar-refractivity contribution >= 4 is 17.7 Å². The van der Waals surface area contributed by atoms with E-state index in [9.17, 15) is 14.7 Å². The summed E-state index contributed by atoms with van der Waals surface area (Å²) in [5.41, 5.74) is 2.23. The summed E-state index contributed by atoms with van der Waals surface area (Å²) in [5, 5.41) is 15.1. The normalized spacial score (nSPS) is 48.8. The number of aliphatic hydroxyl groups is 1. The first-order chi connectivity index (χ1) is 18.7. The van der Waals surface area contributed by atoms with E-state index in [1.807, 2.05) is 0 Å². The van der Waals surface area contributed by atoms with Crippen molar-refractivity contribution in [2.24, 2.45) is 61.8 Å². The molecule has 5 fully saturated rings. The summed E-state index contributed by atoms with van der Waals surface area (Å²) in [6.07, 6.45) is 11.0.